The monoisotopic (exact) mass is 220 g/mol. The number of nitrogens with two attached hydrogens (primary N) is 1. The lowest BCUT2D eigenvalue weighted by Gasteiger charge is -2.21. The minimum Gasteiger partial charge on any atom is -0.313 e. The maximum atomic E-state index is 13.2. The topological polar surface area (TPSA) is 46.3 Å². The van der Waals surface area contributed by atoms with E-state index in [0.29, 0.717) is 17.7 Å². The van der Waals surface area contributed by atoms with Crippen molar-refractivity contribution in [2.45, 2.75) is 12.0 Å². The summed E-state index contributed by atoms with van der Waals surface area (Å²) in [6.45, 7) is 3.58. The highest BCUT2D eigenvalue weighted by Gasteiger charge is 2.45. The van der Waals surface area contributed by atoms with Gasteiger partial charge in [-0.05, 0) is 24.6 Å². The van der Waals surface area contributed by atoms with Gasteiger partial charge in [0.2, 0.25) is 0 Å². The minimum atomic E-state index is -1.17. The Labute approximate surface area is 93.4 Å². The number of hydrogen-bond donors (Lipinski definition) is 1. The van der Waals surface area contributed by atoms with Gasteiger partial charge < -0.3 is 10.6 Å². The molecular formula is C12H13FN2O. The summed E-state index contributed by atoms with van der Waals surface area (Å²) in [5, 5.41) is 0. The third-order valence-electron chi connectivity index (χ3n) is 2.95. The predicted molar refractivity (Wildman–Crippen MR) is 60.5 cm³/mol. The van der Waals surface area contributed by atoms with Crippen LogP contribution in [-0.2, 0) is 10.3 Å². The van der Waals surface area contributed by atoms with Crippen LogP contribution in [0, 0.1) is 5.82 Å². The van der Waals surface area contributed by atoms with Crippen LogP contribution < -0.4 is 10.6 Å². The highest BCUT2D eigenvalue weighted by Crippen LogP contribution is 2.40. The van der Waals surface area contributed by atoms with Crippen molar-refractivity contribution in [3.63, 3.8) is 0 Å². The van der Waals surface area contributed by atoms with Gasteiger partial charge in [0, 0.05) is 18.3 Å². The number of rotatable bonds is 2. The number of amides is 1. The third kappa shape index (κ3) is 1.27. The van der Waals surface area contributed by atoms with Crippen molar-refractivity contribution >= 4 is 11.6 Å². The van der Waals surface area contributed by atoms with Crippen molar-refractivity contribution in [1.29, 1.82) is 0 Å². The van der Waals surface area contributed by atoms with Crippen LogP contribution in [0.2, 0.25) is 0 Å². The van der Waals surface area contributed by atoms with E-state index in [1.165, 1.54) is 17.0 Å². The quantitative estimate of drug-likeness (QED) is 0.768. The first kappa shape index (κ1) is 10.8. The lowest BCUT2D eigenvalue weighted by atomic mass is 9.89. The van der Waals surface area contributed by atoms with Crippen LogP contribution in [0.1, 0.15) is 12.0 Å². The highest BCUT2D eigenvalue weighted by atomic mass is 19.1. The van der Waals surface area contributed by atoms with Crippen molar-refractivity contribution in [1.82, 2.24) is 0 Å². The smallest absolute Gasteiger partial charge is 0.251 e. The number of fused-ring (bicyclic) bond motifs is 1. The Kier molecular flexibility index (Phi) is 2.31. The summed E-state index contributed by atoms with van der Waals surface area (Å²) in [4.78, 5) is 13.5. The van der Waals surface area contributed by atoms with Crippen molar-refractivity contribution in [2.24, 2.45) is 5.73 Å². The van der Waals surface area contributed by atoms with E-state index >= 15 is 0 Å². The van der Waals surface area contributed by atoms with E-state index in [1.54, 1.807) is 19.2 Å². The molecule has 1 aromatic carbocycles. The minimum absolute atomic E-state index is 0.229. The maximum Gasteiger partial charge on any atom is 0.251 e. The Morgan fingerprint density at radius 3 is 2.94 bits per heavy atom. The van der Waals surface area contributed by atoms with Gasteiger partial charge in [0.25, 0.3) is 5.91 Å². The standard InChI is InChI=1S/C12H13FN2O/c1-3-6-12(14)9-7-8(13)4-5-10(9)15(2)11(12)16/h3-5,7H,1,6,14H2,2H3/t12-/m0/s1. The molecule has 1 aliphatic heterocycles. The SMILES string of the molecule is C=CC[C@@]1(N)C(=O)N(C)c2ccc(F)cc21. The summed E-state index contributed by atoms with van der Waals surface area (Å²) in [6, 6.07) is 4.21. The molecule has 0 saturated carbocycles. The molecule has 2 N–H and O–H groups in total. The molecular weight excluding hydrogens is 207 g/mol. The Bertz CT molecular complexity index is 472. The number of carbonyl (C=O) groups excluding carboxylic acids is 1. The average molecular weight is 220 g/mol. The predicted octanol–water partition coefficient (Wildman–Crippen LogP) is 1.53. The van der Waals surface area contributed by atoms with E-state index in [1.807, 2.05) is 0 Å². The number of anilines is 1. The second-order valence-corrected chi connectivity index (χ2v) is 3.99. The lowest BCUT2D eigenvalue weighted by Crippen LogP contribution is -2.45. The van der Waals surface area contributed by atoms with Crippen LogP contribution in [0.15, 0.2) is 30.9 Å². The fourth-order valence-corrected chi connectivity index (χ4v) is 2.11. The maximum absolute atomic E-state index is 13.2. The summed E-state index contributed by atoms with van der Waals surface area (Å²) in [5.41, 5.74) is 6.07. The van der Waals surface area contributed by atoms with Gasteiger partial charge in [-0.2, -0.15) is 0 Å². The van der Waals surface area contributed by atoms with Gasteiger partial charge in [0.1, 0.15) is 11.4 Å². The molecule has 1 heterocycles. The van der Waals surface area contributed by atoms with Crippen molar-refractivity contribution in [2.75, 3.05) is 11.9 Å². The summed E-state index contributed by atoms with van der Waals surface area (Å²) in [5.74, 6) is -0.617. The summed E-state index contributed by atoms with van der Waals surface area (Å²) in [6.07, 6.45) is 1.87. The van der Waals surface area contributed by atoms with Gasteiger partial charge in [-0.3, -0.25) is 4.79 Å². The molecule has 84 valence electrons. The molecule has 0 bridgehead atoms. The number of carbonyl (C=O) groups is 1. The molecule has 0 aromatic heterocycles. The highest BCUT2D eigenvalue weighted by molar-refractivity contribution is 6.07. The first-order chi connectivity index (χ1) is 7.50. The van der Waals surface area contributed by atoms with Crippen molar-refractivity contribution in [3.05, 3.63) is 42.2 Å². The van der Waals surface area contributed by atoms with E-state index in [2.05, 4.69) is 6.58 Å². The van der Waals surface area contributed by atoms with Crippen LogP contribution in [-0.4, -0.2) is 13.0 Å². The summed E-state index contributed by atoms with van der Waals surface area (Å²) < 4.78 is 13.2. The average Bonchev–Trinajstić information content (AvgIpc) is 2.42. The number of halogens is 1. The molecule has 0 aliphatic carbocycles. The van der Waals surface area contributed by atoms with Gasteiger partial charge in [-0.25, -0.2) is 4.39 Å². The number of likely N-dealkylation sites (N-methyl/N-ethyl adjacent to an activating group) is 1. The van der Waals surface area contributed by atoms with E-state index in [0.717, 1.165) is 0 Å². The van der Waals surface area contributed by atoms with Crippen LogP contribution in [0.25, 0.3) is 0 Å². The van der Waals surface area contributed by atoms with E-state index < -0.39 is 5.54 Å². The number of hydrogen-bond acceptors (Lipinski definition) is 2. The van der Waals surface area contributed by atoms with E-state index in [9.17, 15) is 9.18 Å². The van der Waals surface area contributed by atoms with Crippen LogP contribution >= 0.6 is 0 Å². The van der Waals surface area contributed by atoms with Gasteiger partial charge in [0.15, 0.2) is 0 Å². The molecule has 1 atom stereocenters. The molecule has 0 spiro atoms. The Hall–Kier alpha value is -1.68. The van der Waals surface area contributed by atoms with Gasteiger partial charge >= 0.3 is 0 Å². The molecule has 1 aliphatic rings. The van der Waals surface area contributed by atoms with E-state index in [4.69, 9.17) is 5.73 Å². The van der Waals surface area contributed by atoms with Gasteiger partial charge in [-0.15, -0.1) is 6.58 Å². The number of nitrogens with zero attached hydrogens (tertiary/aromatic N) is 1. The first-order valence-corrected chi connectivity index (χ1v) is 4.98. The van der Waals surface area contributed by atoms with Crippen LogP contribution in [0.5, 0.6) is 0 Å². The second-order valence-electron chi connectivity index (χ2n) is 3.99. The zero-order valence-electron chi connectivity index (χ0n) is 9.03. The Morgan fingerprint density at radius 2 is 2.31 bits per heavy atom. The van der Waals surface area contributed by atoms with E-state index in [-0.39, 0.29) is 11.7 Å². The van der Waals surface area contributed by atoms with Crippen molar-refractivity contribution < 1.29 is 9.18 Å². The molecule has 1 aromatic rings. The largest absolute Gasteiger partial charge is 0.313 e. The summed E-state index contributed by atoms with van der Waals surface area (Å²) >= 11 is 0. The third-order valence-corrected chi connectivity index (χ3v) is 2.95. The first-order valence-electron chi connectivity index (χ1n) is 4.98. The van der Waals surface area contributed by atoms with Crippen molar-refractivity contribution in [3.8, 4) is 0 Å². The van der Waals surface area contributed by atoms with Gasteiger partial charge in [-0.1, -0.05) is 6.08 Å². The number of benzene rings is 1. The van der Waals surface area contributed by atoms with Gasteiger partial charge in [0.05, 0.1) is 0 Å². The molecule has 0 unspecified atom stereocenters. The molecule has 16 heavy (non-hydrogen) atoms. The molecule has 4 heteroatoms. The Morgan fingerprint density at radius 1 is 1.62 bits per heavy atom. The lowest BCUT2D eigenvalue weighted by molar-refractivity contribution is -0.122. The second kappa shape index (κ2) is 3.42. The molecule has 0 saturated heterocycles. The van der Waals surface area contributed by atoms with Crippen LogP contribution in [0.3, 0.4) is 0 Å². The molecule has 3 nitrogen and oxygen atoms in total. The zero-order chi connectivity index (χ0) is 11.9. The fraction of sp³-hybridized carbons (Fsp3) is 0.250. The molecule has 2 rings (SSSR count). The normalized spacial score (nSPS) is 23.4. The molecule has 0 radical (unpaired) electrons. The zero-order valence-corrected chi connectivity index (χ0v) is 9.03. The molecule has 1 amide bonds. The Balaban J connectivity index is 2.63. The van der Waals surface area contributed by atoms with Crippen LogP contribution in [0.4, 0.5) is 10.1 Å². The fourth-order valence-electron chi connectivity index (χ4n) is 2.11. The summed E-state index contributed by atoms with van der Waals surface area (Å²) in [7, 11) is 1.64. The molecule has 0 fully saturated rings.